The highest BCUT2D eigenvalue weighted by atomic mass is 14.2. The van der Waals surface area contributed by atoms with Gasteiger partial charge in [-0.3, -0.25) is 0 Å². The molecule has 0 saturated heterocycles. The molecule has 0 aliphatic rings. The van der Waals surface area contributed by atoms with E-state index in [0.29, 0.717) is 0 Å². The first kappa shape index (κ1) is 15.4. The Labute approximate surface area is 164 Å². The lowest BCUT2D eigenvalue weighted by atomic mass is 9.87. The zero-order valence-electron chi connectivity index (χ0n) is 15.4. The average Bonchev–Trinajstić information content (AvgIpc) is 2.78. The molecule has 0 bridgehead atoms. The van der Waals surface area contributed by atoms with Crippen LogP contribution in [0.15, 0.2) is 109 Å². The Bertz CT molecular complexity index is 1430. The van der Waals surface area contributed by atoms with Gasteiger partial charge < -0.3 is 0 Å². The summed E-state index contributed by atoms with van der Waals surface area (Å²) in [6.07, 6.45) is 0. The van der Waals surface area contributed by atoms with Gasteiger partial charge >= 0.3 is 0 Å². The molecule has 0 saturated carbocycles. The average molecular weight is 354 g/mol. The highest BCUT2D eigenvalue weighted by Crippen LogP contribution is 2.41. The molecule has 0 heteroatoms. The highest BCUT2D eigenvalue weighted by molar-refractivity contribution is 6.26. The third kappa shape index (κ3) is 2.25. The van der Waals surface area contributed by atoms with E-state index < -0.39 is 0 Å². The van der Waals surface area contributed by atoms with Crippen LogP contribution in [0.4, 0.5) is 0 Å². The maximum atomic E-state index is 2.37. The summed E-state index contributed by atoms with van der Waals surface area (Å²) >= 11 is 0. The molecule has 0 N–H and O–H groups in total. The van der Waals surface area contributed by atoms with Gasteiger partial charge in [0.25, 0.3) is 0 Å². The number of hydrogen-bond acceptors (Lipinski definition) is 0. The highest BCUT2D eigenvalue weighted by Gasteiger charge is 2.14. The normalized spacial score (nSPS) is 11.6. The zero-order valence-corrected chi connectivity index (χ0v) is 15.4. The maximum absolute atomic E-state index is 2.37. The summed E-state index contributed by atoms with van der Waals surface area (Å²) in [4.78, 5) is 0. The van der Waals surface area contributed by atoms with Gasteiger partial charge in [0.05, 0.1) is 0 Å². The molecule has 0 amide bonds. The quantitative estimate of drug-likeness (QED) is 0.277. The molecular formula is C28H18. The van der Waals surface area contributed by atoms with Crippen molar-refractivity contribution in [3.05, 3.63) is 109 Å². The van der Waals surface area contributed by atoms with Crippen molar-refractivity contribution < 1.29 is 0 Å². The number of hydrogen-bond donors (Lipinski definition) is 0. The minimum absolute atomic E-state index is 1.26. The van der Waals surface area contributed by atoms with Crippen LogP contribution in [0, 0.1) is 0 Å². The van der Waals surface area contributed by atoms with Gasteiger partial charge in [0, 0.05) is 0 Å². The molecule has 28 heavy (non-hydrogen) atoms. The maximum Gasteiger partial charge on any atom is -0.00206 e. The molecule has 6 rings (SSSR count). The van der Waals surface area contributed by atoms with E-state index in [9.17, 15) is 0 Å². The number of rotatable bonds is 2. The van der Waals surface area contributed by atoms with Crippen molar-refractivity contribution in [2.24, 2.45) is 0 Å². The van der Waals surface area contributed by atoms with Crippen LogP contribution in [0.2, 0.25) is 0 Å². The van der Waals surface area contributed by atoms with Crippen LogP contribution in [0.5, 0.6) is 0 Å². The first-order chi connectivity index (χ1) is 13.9. The van der Waals surface area contributed by atoms with E-state index in [1.165, 1.54) is 54.6 Å². The van der Waals surface area contributed by atoms with Crippen LogP contribution in [-0.4, -0.2) is 0 Å². The topological polar surface area (TPSA) is 0 Å². The van der Waals surface area contributed by atoms with Crippen molar-refractivity contribution in [1.29, 1.82) is 0 Å². The standard InChI is InChI=1S/C28H18/c1-3-8-19(9-4-1)23-16-22-15-14-21-12-7-13-25-26(20-10-5-2-6-11-20)18-24(17-23)27(22)28(21)25/h1-18H. The largest absolute Gasteiger partial charge is 0.0622 e. The molecule has 0 radical (unpaired) electrons. The van der Waals surface area contributed by atoms with E-state index in [1.54, 1.807) is 0 Å². The Morgan fingerprint density at radius 2 is 1.04 bits per heavy atom. The molecular weight excluding hydrogens is 336 g/mol. The predicted octanol–water partition coefficient (Wildman–Crippen LogP) is 7.92. The fourth-order valence-electron chi connectivity index (χ4n) is 4.50. The third-order valence-corrected chi connectivity index (χ3v) is 5.77. The van der Waals surface area contributed by atoms with Crippen molar-refractivity contribution in [2.45, 2.75) is 0 Å². The first-order valence-electron chi connectivity index (χ1n) is 9.71. The van der Waals surface area contributed by atoms with Gasteiger partial charge in [0.1, 0.15) is 0 Å². The van der Waals surface area contributed by atoms with Gasteiger partial charge in [-0.05, 0) is 72.8 Å². The van der Waals surface area contributed by atoms with Crippen molar-refractivity contribution in [3.8, 4) is 22.3 Å². The summed E-state index contributed by atoms with van der Waals surface area (Å²) in [5.41, 5.74) is 5.10. The van der Waals surface area contributed by atoms with Crippen LogP contribution >= 0.6 is 0 Å². The second-order valence-electron chi connectivity index (χ2n) is 7.42. The monoisotopic (exact) mass is 354 g/mol. The molecule has 0 fully saturated rings. The third-order valence-electron chi connectivity index (χ3n) is 5.77. The Hall–Kier alpha value is -3.64. The summed E-state index contributed by atoms with van der Waals surface area (Å²) in [6, 6.07) is 39.6. The molecule has 6 aromatic carbocycles. The molecule has 0 unspecified atom stereocenters. The van der Waals surface area contributed by atoms with Crippen LogP contribution < -0.4 is 0 Å². The fraction of sp³-hybridized carbons (Fsp3) is 0. The first-order valence-corrected chi connectivity index (χ1v) is 9.71. The Kier molecular flexibility index (Phi) is 3.27. The van der Waals surface area contributed by atoms with Crippen molar-refractivity contribution in [3.63, 3.8) is 0 Å². The lowest BCUT2D eigenvalue weighted by molar-refractivity contribution is 1.65. The molecule has 0 aromatic heterocycles. The lowest BCUT2D eigenvalue weighted by Gasteiger charge is -2.16. The molecule has 0 spiro atoms. The summed E-state index contributed by atoms with van der Waals surface area (Å²) < 4.78 is 0. The van der Waals surface area contributed by atoms with E-state index in [2.05, 4.69) is 109 Å². The molecule has 130 valence electrons. The van der Waals surface area contributed by atoms with E-state index >= 15 is 0 Å². The zero-order chi connectivity index (χ0) is 18.5. The summed E-state index contributed by atoms with van der Waals surface area (Å²) in [5.74, 6) is 0. The molecule has 0 aliphatic heterocycles. The smallest absolute Gasteiger partial charge is 0.00206 e. The SMILES string of the molecule is c1ccc(-c2cc3ccc4cccc5c(-c6ccccc6)cc(c2)c3c45)cc1. The van der Waals surface area contributed by atoms with E-state index in [-0.39, 0.29) is 0 Å². The predicted molar refractivity (Wildman–Crippen MR) is 121 cm³/mol. The molecule has 0 nitrogen and oxygen atoms in total. The Morgan fingerprint density at radius 3 is 1.82 bits per heavy atom. The Balaban J connectivity index is 1.78. The van der Waals surface area contributed by atoms with Crippen molar-refractivity contribution in [1.82, 2.24) is 0 Å². The van der Waals surface area contributed by atoms with Crippen LogP contribution in [0.25, 0.3) is 54.6 Å². The molecule has 0 atom stereocenters. The molecule has 0 heterocycles. The lowest BCUT2D eigenvalue weighted by Crippen LogP contribution is -1.89. The number of benzene rings is 6. The molecule has 6 aromatic rings. The van der Waals surface area contributed by atoms with E-state index in [0.717, 1.165) is 0 Å². The minimum atomic E-state index is 1.26. The Morgan fingerprint density at radius 1 is 0.357 bits per heavy atom. The van der Waals surface area contributed by atoms with Crippen LogP contribution in [0.3, 0.4) is 0 Å². The van der Waals surface area contributed by atoms with Gasteiger partial charge in [-0.2, -0.15) is 0 Å². The minimum Gasteiger partial charge on any atom is -0.0622 e. The molecule has 0 aliphatic carbocycles. The summed E-state index contributed by atoms with van der Waals surface area (Å²) in [5, 5.41) is 7.98. The second-order valence-corrected chi connectivity index (χ2v) is 7.42. The van der Waals surface area contributed by atoms with Gasteiger partial charge in [-0.15, -0.1) is 0 Å². The van der Waals surface area contributed by atoms with E-state index in [1.807, 2.05) is 0 Å². The van der Waals surface area contributed by atoms with E-state index in [4.69, 9.17) is 0 Å². The second kappa shape index (κ2) is 5.94. The summed E-state index contributed by atoms with van der Waals surface area (Å²) in [6.45, 7) is 0. The van der Waals surface area contributed by atoms with Gasteiger partial charge in [-0.1, -0.05) is 91.0 Å². The van der Waals surface area contributed by atoms with Gasteiger partial charge in [0.2, 0.25) is 0 Å². The van der Waals surface area contributed by atoms with Crippen LogP contribution in [-0.2, 0) is 0 Å². The fourth-order valence-corrected chi connectivity index (χ4v) is 4.50. The van der Waals surface area contributed by atoms with Gasteiger partial charge in [-0.25, -0.2) is 0 Å². The van der Waals surface area contributed by atoms with Crippen molar-refractivity contribution in [2.75, 3.05) is 0 Å². The van der Waals surface area contributed by atoms with Gasteiger partial charge in [0.15, 0.2) is 0 Å². The van der Waals surface area contributed by atoms with Crippen molar-refractivity contribution >= 4 is 32.3 Å². The van der Waals surface area contributed by atoms with Crippen LogP contribution in [0.1, 0.15) is 0 Å². The summed E-state index contributed by atoms with van der Waals surface area (Å²) in [7, 11) is 0.